The van der Waals surface area contributed by atoms with E-state index in [1.54, 1.807) is 20.8 Å². The van der Waals surface area contributed by atoms with Crippen LogP contribution < -0.4 is 0 Å². The number of halogens is 7. The number of carboxylic acid groups (broad SMARTS) is 1. The van der Waals surface area contributed by atoms with Crippen molar-refractivity contribution in [2.24, 2.45) is 0 Å². The Labute approximate surface area is 197 Å². The third kappa shape index (κ3) is 6.06. The summed E-state index contributed by atoms with van der Waals surface area (Å²) in [5, 5.41) is 9.13. The van der Waals surface area contributed by atoms with Crippen LogP contribution in [0.3, 0.4) is 0 Å². The zero-order valence-electron chi connectivity index (χ0n) is 17.0. The lowest BCUT2D eigenvalue weighted by Gasteiger charge is -2.34. The summed E-state index contributed by atoms with van der Waals surface area (Å²) in [5.74, 6) is -5.99. The standard InChI is InChI=1S/C21H18Br2F5NO3/c1-19(2,3)29(10-17(30)31)18(32)11-4-12(7-15(22)5-11)20(24,25)13-6-14(21(26,27)28)9-16(23)8-13/h4-9H,10H2,1-3H3,(H,30,31). The average Bonchev–Trinajstić information content (AvgIpc) is 2.62. The van der Waals surface area contributed by atoms with Crippen molar-refractivity contribution in [1.29, 1.82) is 0 Å². The molecular weight excluding hydrogens is 569 g/mol. The molecule has 0 saturated heterocycles. The first kappa shape index (κ1) is 26.2. The first-order chi connectivity index (χ1) is 14.4. The molecule has 32 heavy (non-hydrogen) atoms. The molecule has 0 heterocycles. The summed E-state index contributed by atoms with van der Waals surface area (Å²) in [5.41, 5.74) is -4.09. The monoisotopic (exact) mass is 585 g/mol. The second-order valence-corrected chi connectivity index (χ2v) is 9.82. The highest BCUT2D eigenvalue weighted by atomic mass is 79.9. The summed E-state index contributed by atoms with van der Waals surface area (Å²) in [6.45, 7) is 4.09. The van der Waals surface area contributed by atoms with E-state index in [0.29, 0.717) is 12.1 Å². The minimum Gasteiger partial charge on any atom is -0.480 e. The zero-order valence-corrected chi connectivity index (χ0v) is 20.2. The Morgan fingerprint density at radius 2 is 1.31 bits per heavy atom. The van der Waals surface area contributed by atoms with Gasteiger partial charge in [0.25, 0.3) is 11.8 Å². The van der Waals surface area contributed by atoms with Gasteiger partial charge >= 0.3 is 12.1 Å². The van der Waals surface area contributed by atoms with Crippen molar-refractivity contribution in [2.75, 3.05) is 6.54 Å². The highest BCUT2D eigenvalue weighted by molar-refractivity contribution is 9.10. The van der Waals surface area contributed by atoms with E-state index in [-0.39, 0.29) is 14.5 Å². The molecule has 11 heteroatoms. The fourth-order valence-corrected chi connectivity index (χ4v) is 3.89. The number of nitrogens with zero attached hydrogens (tertiary/aromatic N) is 1. The Morgan fingerprint density at radius 1 is 0.844 bits per heavy atom. The number of amides is 1. The van der Waals surface area contributed by atoms with Gasteiger partial charge in [-0.2, -0.15) is 22.0 Å². The average molecular weight is 587 g/mol. The molecule has 4 nitrogen and oxygen atoms in total. The summed E-state index contributed by atoms with van der Waals surface area (Å²) >= 11 is 5.88. The molecule has 0 bridgehead atoms. The number of alkyl halides is 5. The van der Waals surface area contributed by atoms with Crippen molar-refractivity contribution in [3.63, 3.8) is 0 Å². The molecule has 1 amide bonds. The summed E-state index contributed by atoms with van der Waals surface area (Å²) in [4.78, 5) is 25.2. The number of carbonyl (C=O) groups excluding carboxylic acids is 1. The Balaban J connectivity index is 2.60. The van der Waals surface area contributed by atoms with E-state index < -0.39 is 52.7 Å². The molecule has 0 atom stereocenters. The fourth-order valence-electron chi connectivity index (χ4n) is 2.90. The predicted octanol–water partition coefficient (Wildman–Crippen LogP) is 6.70. The van der Waals surface area contributed by atoms with Crippen LogP contribution in [0.1, 0.15) is 47.8 Å². The third-order valence-corrected chi connectivity index (χ3v) is 5.36. The maximum absolute atomic E-state index is 15.3. The summed E-state index contributed by atoms with van der Waals surface area (Å²) < 4.78 is 69.8. The molecular formula is C21H18Br2F5NO3. The van der Waals surface area contributed by atoms with Gasteiger partial charge < -0.3 is 10.0 Å². The summed E-state index contributed by atoms with van der Waals surface area (Å²) in [6.07, 6.45) is -4.84. The van der Waals surface area contributed by atoms with Crippen LogP contribution in [0.5, 0.6) is 0 Å². The van der Waals surface area contributed by atoms with Crippen molar-refractivity contribution in [2.45, 2.75) is 38.4 Å². The molecule has 0 radical (unpaired) electrons. The second-order valence-electron chi connectivity index (χ2n) is 7.99. The molecule has 0 aliphatic rings. The summed E-state index contributed by atoms with van der Waals surface area (Å²) in [7, 11) is 0. The number of carboxylic acids is 1. The van der Waals surface area contributed by atoms with E-state index in [4.69, 9.17) is 5.11 Å². The maximum Gasteiger partial charge on any atom is 0.416 e. The quantitative estimate of drug-likeness (QED) is 0.397. The Bertz CT molecular complexity index is 1050. The van der Waals surface area contributed by atoms with E-state index in [2.05, 4.69) is 31.9 Å². The molecule has 0 fully saturated rings. The molecule has 0 aromatic heterocycles. The Kier molecular flexibility index (Phi) is 7.45. The summed E-state index contributed by atoms with van der Waals surface area (Å²) in [6, 6.07) is 4.97. The molecule has 0 aliphatic carbocycles. The van der Waals surface area contributed by atoms with Crippen LogP contribution in [-0.2, 0) is 16.9 Å². The molecule has 2 aromatic carbocycles. The van der Waals surface area contributed by atoms with Crippen LogP contribution in [0.15, 0.2) is 45.3 Å². The Morgan fingerprint density at radius 3 is 1.78 bits per heavy atom. The number of carbonyl (C=O) groups is 2. The van der Waals surface area contributed by atoms with Gasteiger partial charge in [-0.15, -0.1) is 0 Å². The van der Waals surface area contributed by atoms with E-state index >= 15 is 8.78 Å². The molecule has 0 aliphatic heterocycles. The smallest absolute Gasteiger partial charge is 0.416 e. The normalized spacial score (nSPS) is 12.6. The van der Waals surface area contributed by atoms with Crippen LogP contribution in [0.2, 0.25) is 0 Å². The van der Waals surface area contributed by atoms with Gasteiger partial charge in [0.1, 0.15) is 6.54 Å². The lowest BCUT2D eigenvalue weighted by molar-refractivity contribution is -0.139. The lowest BCUT2D eigenvalue weighted by atomic mass is 9.96. The topological polar surface area (TPSA) is 57.6 Å². The third-order valence-electron chi connectivity index (χ3n) is 4.44. The zero-order chi connectivity index (χ0) is 24.6. The predicted molar refractivity (Wildman–Crippen MR) is 115 cm³/mol. The van der Waals surface area contributed by atoms with Gasteiger partial charge in [0.05, 0.1) is 5.56 Å². The molecule has 2 rings (SSSR count). The largest absolute Gasteiger partial charge is 0.480 e. The Hall–Kier alpha value is -2.01. The first-order valence-electron chi connectivity index (χ1n) is 9.04. The van der Waals surface area contributed by atoms with Crippen molar-refractivity contribution in [3.8, 4) is 0 Å². The van der Waals surface area contributed by atoms with Crippen LogP contribution in [0, 0.1) is 0 Å². The van der Waals surface area contributed by atoms with Crippen LogP contribution in [-0.4, -0.2) is 34.0 Å². The number of rotatable bonds is 5. The van der Waals surface area contributed by atoms with Gasteiger partial charge in [-0.25, -0.2) is 0 Å². The van der Waals surface area contributed by atoms with Crippen molar-refractivity contribution >= 4 is 43.7 Å². The maximum atomic E-state index is 15.3. The van der Waals surface area contributed by atoms with Gasteiger partial charge in [0.2, 0.25) is 0 Å². The SMILES string of the molecule is CC(C)(C)N(CC(=O)O)C(=O)c1cc(Br)cc(C(F)(F)c2cc(Br)cc(C(F)(F)F)c2)c1. The fraction of sp³-hybridized carbons (Fsp3) is 0.333. The van der Waals surface area contributed by atoms with E-state index in [1.165, 1.54) is 6.07 Å². The van der Waals surface area contributed by atoms with Crippen molar-refractivity contribution in [1.82, 2.24) is 4.90 Å². The molecule has 0 unspecified atom stereocenters. The molecule has 1 N–H and O–H groups in total. The molecule has 0 spiro atoms. The number of aliphatic carboxylic acids is 1. The van der Waals surface area contributed by atoms with E-state index in [0.717, 1.165) is 23.1 Å². The minimum absolute atomic E-state index is 0.0771. The highest BCUT2D eigenvalue weighted by Crippen LogP contribution is 2.41. The van der Waals surface area contributed by atoms with Gasteiger partial charge in [0.15, 0.2) is 0 Å². The van der Waals surface area contributed by atoms with Crippen LogP contribution in [0.4, 0.5) is 22.0 Å². The van der Waals surface area contributed by atoms with Gasteiger partial charge in [0, 0.05) is 31.2 Å². The molecule has 174 valence electrons. The highest BCUT2D eigenvalue weighted by Gasteiger charge is 2.39. The van der Waals surface area contributed by atoms with E-state index in [9.17, 15) is 22.8 Å². The number of benzene rings is 2. The lowest BCUT2D eigenvalue weighted by Crippen LogP contribution is -2.48. The van der Waals surface area contributed by atoms with Crippen molar-refractivity contribution in [3.05, 3.63) is 67.6 Å². The number of hydrogen-bond donors (Lipinski definition) is 1. The first-order valence-corrected chi connectivity index (χ1v) is 10.6. The van der Waals surface area contributed by atoms with E-state index in [1.807, 2.05) is 0 Å². The minimum atomic E-state index is -4.84. The molecule has 0 saturated carbocycles. The van der Waals surface area contributed by atoms with Crippen LogP contribution in [0.25, 0.3) is 0 Å². The van der Waals surface area contributed by atoms with Crippen LogP contribution >= 0.6 is 31.9 Å². The number of hydrogen-bond acceptors (Lipinski definition) is 2. The molecule has 2 aromatic rings. The van der Waals surface area contributed by atoms with Crippen molar-refractivity contribution < 1.29 is 36.6 Å². The van der Waals surface area contributed by atoms with Gasteiger partial charge in [-0.1, -0.05) is 31.9 Å². The second kappa shape index (κ2) is 9.09. The van der Waals surface area contributed by atoms with Gasteiger partial charge in [-0.05, 0) is 57.2 Å². The van der Waals surface area contributed by atoms with Gasteiger partial charge in [-0.3, -0.25) is 9.59 Å².